The van der Waals surface area contributed by atoms with Crippen molar-refractivity contribution >= 4 is 5.69 Å². The Labute approximate surface area is 122 Å². The Balaban J connectivity index is 1.96. The number of nitrogens with zero attached hydrogens (tertiary/aromatic N) is 2. The number of rotatable bonds is 3. The minimum absolute atomic E-state index is 0.265. The third-order valence-corrected chi connectivity index (χ3v) is 4.07. The van der Waals surface area contributed by atoms with Gasteiger partial charge in [-0.1, -0.05) is 0 Å². The minimum Gasteiger partial charge on any atom is -0.497 e. The number of nitrogens with two attached hydrogens (primary N) is 1. The number of piperazine rings is 1. The second kappa shape index (κ2) is 6.02. The molecule has 20 heavy (non-hydrogen) atoms. The molecule has 0 unspecified atom stereocenters. The van der Waals surface area contributed by atoms with Gasteiger partial charge in [0, 0.05) is 44.0 Å². The second-order valence-electron chi connectivity index (χ2n) is 6.50. The van der Waals surface area contributed by atoms with Crippen LogP contribution in [0.2, 0.25) is 0 Å². The SMILES string of the molecule is COc1ccc(N)c(CN2CCN(C(C)(C)C)CC2)c1. The van der Waals surface area contributed by atoms with Crippen LogP contribution in [0.5, 0.6) is 5.75 Å². The lowest BCUT2D eigenvalue weighted by atomic mass is 10.0. The number of hydrogen-bond donors (Lipinski definition) is 1. The molecule has 4 heteroatoms. The van der Waals surface area contributed by atoms with Crippen molar-refractivity contribution in [2.45, 2.75) is 32.9 Å². The Kier molecular flexibility index (Phi) is 4.55. The summed E-state index contributed by atoms with van der Waals surface area (Å²) in [5.74, 6) is 0.877. The molecule has 0 aliphatic carbocycles. The Bertz CT molecular complexity index is 446. The molecule has 1 heterocycles. The van der Waals surface area contributed by atoms with Gasteiger partial charge in [0.1, 0.15) is 5.75 Å². The van der Waals surface area contributed by atoms with Crippen molar-refractivity contribution in [1.29, 1.82) is 0 Å². The van der Waals surface area contributed by atoms with E-state index in [0.717, 1.165) is 49.7 Å². The first-order valence-electron chi connectivity index (χ1n) is 7.30. The van der Waals surface area contributed by atoms with E-state index in [-0.39, 0.29) is 5.54 Å². The van der Waals surface area contributed by atoms with Crippen LogP contribution in [0.1, 0.15) is 26.3 Å². The van der Waals surface area contributed by atoms with Crippen LogP contribution in [0.25, 0.3) is 0 Å². The van der Waals surface area contributed by atoms with Crippen molar-refractivity contribution in [2.24, 2.45) is 0 Å². The summed E-state index contributed by atoms with van der Waals surface area (Å²) in [4.78, 5) is 5.01. The van der Waals surface area contributed by atoms with E-state index in [2.05, 4.69) is 30.6 Å². The molecule has 2 N–H and O–H groups in total. The highest BCUT2D eigenvalue weighted by Crippen LogP contribution is 2.22. The van der Waals surface area contributed by atoms with Crippen LogP contribution in [0.15, 0.2) is 18.2 Å². The maximum Gasteiger partial charge on any atom is 0.119 e. The molecule has 0 atom stereocenters. The van der Waals surface area contributed by atoms with Gasteiger partial charge in [-0.2, -0.15) is 0 Å². The van der Waals surface area contributed by atoms with Crippen molar-refractivity contribution < 1.29 is 4.74 Å². The zero-order valence-corrected chi connectivity index (χ0v) is 13.1. The minimum atomic E-state index is 0.265. The zero-order valence-electron chi connectivity index (χ0n) is 13.1. The van der Waals surface area contributed by atoms with Gasteiger partial charge in [0.2, 0.25) is 0 Å². The van der Waals surface area contributed by atoms with E-state index in [1.54, 1.807) is 7.11 Å². The van der Waals surface area contributed by atoms with Crippen LogP contribution in [0.3, 0.4) is 0 Å². The summed E-state index contributed by atoms with van der Waals surface area (Å²) in [6, 6.07) is 5.89. The summed E-state index contributed by atoms with van der Waals surface area (Å²) in [5.41, 5.74) is 8.34. The lowest BCUT2D eigenvalue weighted by Crippen LogP contribution is -2.53. The van der Waals surface area contributed by atoms with Gasteiger partial charge in [-0.15, -0.1) is 0 Å². The Morgan fingerprint density at radius 1 is 1.15 bits per heavy atom. The van der Waals surface area contributed by atoms with E-state index in [0.29, 0.717) is 0 Å². The average molecular weight is 277 g/mol. The fourth-order valence-corrected chi connectivity index (χ4v) is 2.66. The van der Waals surface area contributed by atoms with Crippen molar-refractivity contribution in [3.63, 3.8) is 0 Å². The van der Waals surface area contributed by atoms with E-state index in [4.69, 9.17) is 10.5 Å². The first kappa shape index (κ1) is 15.1. The van der Waals surface area contributed by atoms with E-state index in [9.17, 15) is 0 Å². The predicted octanol–water partition coefficient (Wildman–Crippen LogP) is 2.19. The highest BCUT2D eigenvalue weighted by atomic mass is 16.5. The molecular formula is C16H27N3O. The quantitative estimate of drug-likeness (QED) is 0.860. The van der Waals surface area contributed by atoms with E-state index in [1.165, 1.54) is 0 Å². The second-order valence-corrected chi connectivity index (χ2v) is 6.50. The molecule has 4 nitrogen and oxygen atoms in total. The Morgan fingerprint density at radius 3 is 2.35 bits per heavy atom. The lowest BCUT2D eigenvalue weighted by Gasteiger charge is -2.42. The fourth-order valence-electron chi connectivity index (χ4n) is 2.66. The van der Waals surface area contributed by atoms with E-state index in [1.807, 2.05) is 18.2 Å². The molecule has 1 fully saturated rings. The van der Waals surface area contributed by atoms with Gasteiger partial charge < -0.3 is 10.5 Å². The van der Waals surface area contributed by atoms with Gasteiger partial charge in [0.15, 0.2) is 0 Å². The molecule has 1 aromatic rings. The van der Waals surface area contributed by atoms with Crippen molar-refractivity contribution in [3.8, 4) is 5.75 Å². The third-order valence-electron chi connectivity index (χ3n) is 4.07. The first-order chi connectivity index (χ1) is 9.40. The van der Waals surface area contributed by atoms with E-state index >= 15 is 0 Å². The Hall–Kier alpha value is -1.26. The maximum atomic E-state index is 6.07. The summed E-state index contributed by atoms with van der Waals surface area (Å²) in [5, 5.41) is 0. The largest absolute Gasteiger partial charge is 0.497 e. The molecule has 0 spiro atoms. The molecule has 2 rings (SSSR count). The van der Waals surface area contributed by atoms with Gasteiger partial charge >= 0.3 is 0 Å². The van der Waals surface area contributed by atoms with Gasteiger partial charge in [0.25, 0.3) is 0 Å². The molecule has 1 aliphatic rings. The lowest BCUT2D eigenvalue weighted by molar-refractivity contribution is 0.0591. The topological polar surface area (TPSA) is 41.7 Å². The smallest absolute Gasteiger partial charge is 0.119 e. The first-order valence-corrected chi connectivity index (χ1v) is 7.30. The van der Waals surface area contributed by atoms with Crippen LogP contribution < -0.4 is 10.5 Å². The molecule has 112 valence electrons. The number of nitrogen functional groups attached to an aromatic ring is 1. The van der Waals surface area contributed by atoms with Crippen LogP contribution in [-0.4, -0.2) is 48.6 Å². The van der Waals surface area contributed by atoms with Crippen LogP contribution in [0, 0.1) is 0 Å². The number of methoxy groups -OCH3 is 1. The normalized spacial score (nSPS) is 18.2. The number of ether oxygens (including phenoxy) is 1. The standard InChI is InChI=1S/C16H27N3O/c1-16(2,3)19-9-7-18(8-10-19)12-13-11-14(20-4)5-6-15(13)17/h5-6,11H,7-10,12,17H2,1-4H3. The van der Waals surface area contributed by atoms with Crippen LogP contribution in [-0.2, 0) is 6.54 Å². The molecule has 1 aromatic carbocycles. The van der Waals surface area contributed by atoms with Gasteiger partial charge in [-0.05, 0) is 44.5 Å². The summed E-state index contributed by atoms with van der Waals surface area (Å²) < 4.78 is 5.28. The highest BCUT2D eigenvalue weighted by Gasteiger charge is 2.25. The molecule has 0 aromatic heterocycles. The van der Waals surface area contributed by atoms with Gasteiger partial charge in [0.05, 0.1) is 7.11 Å². The molecule has 1 saturated heterocycles. The molecular weight excluding hydrogens is 250 g/mol. The molecule has 0 radical (unpaired) electrons. The van der Waals surface area contributed by atoms with Crippen molar-refractivity contribution in [2.75, 3.05) is 39.0 Å². The monoisotopic (exact) mass is 277 g/mol. The van der Waals surface area contributed by atoms with Crippen LogP contribution in [0.4, 0.5) is 5.69 Å². The number of anilines is 1. The van der Waals surface area contributed by atoms with Crippen molar-refractivity contribution in [1.82, 2.24) is 9.80 Å². The summed E-state index contributed by atoms with van der Waals surface area (Å²) in [6.07, 6.45) is 0. The molecule has 0 saturated carbocycles. The molecule has 1 aliphatic heterocycles. The maximum absolute atomic E-state index is 6.07. The number of benzene rings is 1. The predicted molar refractivity (Wildman–Crippen MR) is 84.0 cm³/mol. The van der Waals surface area contributed by atoms with E-state index < -0.39 is 0 Å². The van der Waals surface area contributed by atoms with Gasteiger partial charge in [-0.25, -0.2) is 0 Å². The van der Waals surface area contributed by atoms with Gasteiger partial charge in [-0.3, -0.25) is 9.80 Å². The summed E-state index contributed by atoms with van der Waals surface area (Å²) in [6.45, 7) is 12.2. The molecule has 0 amide bonds. The highest BCUT2D eigenvalue weighted by molar-refractivity contribution is 5.50. The fraction of sp³-hybridized carbons (Fsp3) is 0.625. The zero-order chi connectivity index (χ0) is 14.8. The third kappa shape index (κ3) is 3.64. The number of hydrogen-bond acceptors (Lipinski definition) is 4. The summed E-state index contributed by atoms with van der Waals surface area (Å²) >= 11 is 0. The average Bonchev–Trinajstić information content (AvgIpc) is 2.41. The Morgan fingerprint density at radius 2 is 1.80 bits per heavy atom. The van der Waals surface area contributed by atoms with Crippen molar-refractivity contribution in [3.05, 3.63) is 23.8 Å². The summed E-state index contributed by atoms with van der Waals surface area (Å²) in [7, 11) is 1.69. The molecule has 0 bridgehead atoms. The van der Waals surface area contributed by atoms with Crippen LogP contribution >= 0.6 is 0 Å².